The smallest absolute Gasteiger partial charge is 0.282 e. The third kappa shape index (κ3) is 5.64. The highest BCUT2D eigenvalue weighted by atomic mass is 32.2. The Kier molecular flexibility index (Phi) is 7.62. The van der Waals surface area contributed by atoms with Crippen molar-refractivity contribution in [2.75, 3.05) is 33.4 Å². The molecule has 0 bridgehead atoms. The number of hydrogen-bond acceptors (Lipinski definition) is 3. The standard InChI is InChI=1S/C22H30N2O3S/c1-27-19-22-13-8-15-23(18-22)28(25,26)24(17-21-11-6-3-7-12-21)16-14-20-9-4-2-5-10-20/h2-7,9-12,22H,8,13-19H2,1H3. The van der Waals surface area contributed by atoms with E-state index in [2.05, 4.69) is 0 Å². The third-order valence-electron chi connectivity index (χ3n) is 5.23. The van der Waals surface area contributed by atoms with Gasteiger partial charge in [0.2, 0.25) is 0 Å². The number of hydrogen-bond donors (Lipinski definition) is 0. The van der Waals surface area contributed by atoms with Gasteiger partial charge in [-0.2, -0.15) is 17.0 Å². The molecule has 3 rings (SSSR count). The van der Waals surface area contributed by atoms with Crippen LogP contribution in [0.2, 0.25) is 0 Å². The molecule has 6 heteroatoms. The molecule has 0 saturated carbocycles. The molecule has 1 saturated heterocycles. The van der Waals surface area contributed by atoms with E-state index in [1.54, 1.807) is 15.7 Å². The Hall–Kier alpha value is -1.73. The molecule has 1 heterocycles. The van der Waals surface area contributed by atoms with Gasteiger partial charge in [-0.3, -0.25) is 0 Å². The maximum absolute atomic E-state index is 13.5. The van der Waals surface area contributed by atoms with Gasteiger partial charge in [0.05, 0.1) is 6.61 Å². The lowest BCUT2D eigenvalue weighted by Crippen LogP contribution is -2.48. The van der Waals surface area contributed by atoms with Crippen molar-refractivity contribution in [1.29, 1.82) is 0 Å². The van der Waals surface area contributed by atoms with Crippen molar-refractivity contribution in [3.63, 3.8) is 0 Å². The average Bonchev–Trinajstić information content (AvgIpc) is 2.73. The first kappa shape index (κ1) is 21.0. The van der Waals surface area contributed by atoms with Gasteiger partial charge in [-0.25, -0.2) is 0 Å². The van der Waals surface area contributed by atoms with Gasteiger partial charge in [-0.15, -0.1) is 0 Å². The molecule has 0 aromatic heterocycles. The van der Waals surface area contributed by atoms with Crippen LogP contribution < -0.4 is 0 Å². The number of methoxy groups -OCH3 is 1. The van der Waals surface area contributed by atoms with Crippen LogP contribution in [0.15, 0.2) is 60.7 Å². The Morgan fingerprint density at radius 2 is 1.68 bits per heavy atom. The van der Waals surface area contributed by atoms with E-state index in [1.165, 1.54) is 0 Å². The topological polar surface area (TPSA) is 49.9 Å². The lowest BCUT2D eigenvalue weighted by molar-refractivity contribution is 0.116. The van der Waals surface area contributed by atoms with Crippen LogP contribution in [0.25, 0.3) is 0 Å². The summed E-state index contributed by atoms with van der Waals surface area (Å²) in [6.45, 7) is 2.58. The Morgan fingerprint density at radius 1 is 1.04 bits per heavy atom. The van der Waals surface area contributed by atoms with Gasteiger partial charge < -0.3 is 4.74 Å². The van der Waals surface area contributed by atoms with E-state index in [4.69, 9.17) is 4.74 Å². The molecule has 1 unspecified atom stereocenters. The molecule has 0 aliphatic carbocycles. The van der Waals surface area contributed by atoms with Crippen molar-refractivity contribution in [2.24, 2.45) is 5.92 Å². The van der Waals surface area contributed by atoms with Crippen LogP contribution in [0.5, 0.6) is 0 Å². The number of rotatable bonds is 9. The molecule has 0 spiro atoms. The average molecular weight is 403 g/mol. The van der Waals surface area contributed by atoms with Crippen LogP contribution in [0.4, 0.5) is 0 Å². The zero-order valence-corrected chi connectivity index (χ0v) is 17.4. The Morgan fingerprint density at radius 3 is 2.32 bits per heavy atom. The second-order valence-electron chi connectivity index (χ2n) is 7.38. The molecule has 1 atom stereocenters. The van der Waals surface area contributed by atoms with Crippen LogP contribution in [0, 0.1) is 5.92 Å². The van der Waals surface area contributed by atoms with Crippen LogP contribution in [-0.4, -0.2) is 50.4 Å². The van der Waals surface area contributed by atoms with Crippen molar-refractivity contribution >= 4 is 10.2 Å². The van der Waals surface area contributed by atoms with Crippen molar-refractivity contribution in [1.82, 2.24) is 8.61 Å². The van der Waals surface area contributed by atoms with Crippen LogP contribution in [0.3, 0.4) is 0 Å². The molecule has 1 aliphatic heterocycles. The molecule has 2 aromatic rings. The summed E-state index contributed by atoms with van der Waals surface area (Å²) in [7, 11) is -1.86. The van der Waals surface area contributed by atoms with Gasteiger partial charge in [0.1, 0.15) is 0 Å². The van der Waals surface area contributed by atoms with Gasteiger partial charge >= 0.3 is 0 Å². The largest absolute Gasteiger partial charge is 0.384 e. The van der Waals surface area contributed by atoms with Gasteiger partial charge in [0.15, 0.2) is 0 Å². The van der Waals surface area contributed by atoms with Gasteiger partial charge in [0.25, 0.3) is 10.2 Å². The molecule has 152 valence electrons. The molecule has 1 fully saturated rings. The fraction of sp³-hybridized carbons (Fsp3) is 0.455. The summed E-state index contributed by atoms with van der Waals surface area (Å²) in [6.07, 6.45) is 2.59. The minimum Gasteiger partial charge on any atom is -0.384 e. The van der Waals surface area contributed by atoms with Gasteiger partial charge in [-0.1, -0.05) is 60.7 Å². The van der Waals surface area contributed by atoms with E-state index in [9.17, 15) is 8.42 Å². The number of ether oxygens (including phenoxy) is 1. The lowest BCUT2D eigenvalue weighted by Gasteiger charge is -2.35. The number of piperidine rings is 1. The molecule has 5 nitrogen and oxygen atoms in total. The summed E-state index contributed by atoms with van der Waals surface area (Å²) in [5.41, 5.74) is 2.15. The van der Waals surface area contributed by atoms with E-state index in [-0.39, 0.29) is 5.92 Å². The lowest BCUT2D eigenvalue weighted by atomic mass is 10.0. The molecule has 2 aromatic carbocycles. The molecular formula is C22H30N2O3S. The van der Waals surface area contributed by atoms with Crippen LogP contribution in [0.1, 0.15) is 24.0 Å². The Labute approximate surface area is 169 Å². The molecule has 0 N–H and O–H groups in total. The minimum absolute atomic E-state index is 0.265. The van der Waals surface area contributed by atoms with Crippen molar-refractivity contribution in [3.05, 3.63) is 71.8 Å². The van der Waals surface area contributed by atoms with E-state index in [1.807, 2.05) is 60.7 Å². The maximum atomic E-state index is 13.5. The highest BCUT2D eigenvalue weighted by Gasteiger charge is 2.33. The SMILES string of the molecule is COCC1CCCN(S(=O)(=O)N(CCc2ccccc2)Cc2ccccc2)C1. The van der Waals surface area contributed by atoms with Gasteiger partial charge in [0, 0.05) is 33.3 Å². The predicted octanol–water partition coefficient (Wildman–Crippen LogP) is 3.33. The van der Waals surface area contributed by atoms with E-state index < -0.39 is 10.2 Å². The first-order chi connectivity index (χ1) is 13.6. The minimum atomic E-state index is -3.53. The van der Waals surface area contributed by atoms with Crippen molar-refractivity contribution in [3.8, 4) is 0 Å². The summed E-state index contributed by atoms with van der Waals surface area (Å²) >= 11 is 0. The summed E-state index contributed by atoms with van der Waals surface area (Å²) in [4.78, 5) is 0. The molecule has 1 aliphatic rings. The van der Waals surface area contributed by atoms with Crippen molar-refractivity contribution in [2.45, 2.75) is 25.8 Å². The summed E-state index contributed by atoms with van der Waals surface area (Å²) in [5, 5.41) is 0. The first-order valence-electron chi connectivity index (χ1n) is 9.91. The quantitative estimate of drug-likeness (QED) is 0.646. The second-order valence-corrected chi connectivity index (χ2v) is 9.31. The van der Waals surface area contributed by atoms with E-state index >= 15 is 0 Å². The van der Waals surface area contributed by atoms with Gasteiger partial charge in [-0.05, 0) is 36.3 Å². The summed E-state index contributed by atoms with van der Waals surface area (Å²) < 4.78 is 35.5. The van der Waals surface area contributed by atoms with Crippen LogP contribution in [-0.2, 0) is 27.9 Å². The molecular weight excluding hydrogens is 372 g/mol. The molecule has 28 heavy (non-hydrogen) atoms. The highest BCUT2D eigenvalue weighted by Crippen LogP contribution is 2.23. The van der Waals surface area contributed by atoms with Crippen molar-refractivity contribution < 1.29 is 13.2 Å². The fourth-order valence-corrected chi connectivity index (χ4v) is 5.45. The van der Waals surface area contributed by atoms with Crippen LogP contribution >= 0.6 is 0 Å². The van der Waals surface area contributed by atoms with E-state index in [0.717, 1.165) is 24.0 Å². The third-order valence-corrected chi connectivity index (χ3v) is 7.18. The number of nitrogens with zero attached hydrogens (tertiary/aromatic N) is 2. The van der Waals surface area contributed by atoms with E-state index in [0.29, 0.717) is 39.2 Å². The Bertz CT molecular complexity index is 810. The highest BCUT2D eigenvalue weighted by molar-refractivity contribution is 7.86. The second kappa shape index (κ2) is 10.2. The maximum Gasteiger partial charge on any atom is 0.282 e. The number of benzene rings is 2. The molecule has 0 amide bonds. The zero-order valence-electron chi connectivity index (χ0n) is 16.5. The first-order valence-corrected chi connectivity index (χ1v) is 11.3. The monoisotopic (exact) mass is 402 g/mol. The normalized spacial score (nSPS) is 18.4. The fourth-order valence-electron chi connectivity index (χ4n) is 3.73. The summed E-state index contributed by atoms with van der Waals surface area (Å²) in [5.74, 6) is 0.265. The summed E-state index contributed by atoms with van der Waals surface area (Å²) in [6, 6.07) is 19.9. The Balaban J connectivity index is 1.77. The zero-order chi connectivity index (χ0) is 19.8. The predicted molar refractivity (Wildman–Crippen MR) is 112 cm³/mol. The molecule has 0 radical (unpaired) electrons.